The summed E-state index contributed by atoms with van der Waals surface area (Å²) in [5.74, 6) is -1.15. The van der Waals surface area contributed by atoms with Gasteiger partial charge in [0.25, 0.3) is 0 Å². The fourth-order valence-corrected chi connectivity index (χ4v) is 4.82. The molecule has 0 aliphatic heterocycles. The van der Waals surface area contributed by atoms with Crippen molar-refractivity contribution in [2.24, 2.45) is 22.9 Å². The number of pyridine rings is 1. The fraction of sp³-hybridized carbons (Fsp3) is 0.414. The second-order valence-corrected chi connectivity index (χ2v) is 10.4. The highest BCUT2D eigenvalue weighted by atomic mass is 19.4. The maximum atomic E-state index is 13.4. The summed E-state index contributed by atoms with van der Waals surface area (Å²) in [5.41, 5.74) is 27.7. The number of carbonyl (C=O) groups is 2. The van der Waals surface area contributed by atoms with Crippen LogP contribution in [0.25, 0.3) is 10.9 Å². The van der Waals surface area contributed by atoms with Crippen LogP contribution in [0.5, 0.6) is 0 Å². The van der Waals surface area contributed by atoms with Crippen LogP contribution in [-0.2, 0) is 22.2 Å². The molecule has 0 unspecified atom stereocenters. The summed E-state index contributed by atoms with van der Waals surface area (Å²) in [6.45, 7) is 3.36. The number of para-hydroxylation sites is 1. The lowest BCUT2D eigenvalue weighted by Crippen LogP contribution is -2.64. The van der Waals surface area contributed by atoms with Crippen molar-refractivity contribution in [3.8, 4) is 0 Å². The van der Waals surface area contributed by atoms with Gasteiger partial charge in [0, 0.05) is 38.0 Å². The van der Waals surface area contributed by atoms with Gasteiger partial charge in [0.2, 0.25) is 11.8 Å². The van der Waals surface area contributed by atoms with E-state index in [1.807, 2.05) is 24.3 Å². The Morgan fingerprint density at radius 3 is 2.14 bits per heavy atom. The SMILES string of the molecule is NCC[N+](CCN)(CCN)NCC[C@H](N)C(=O)N[C@@H](Cc1ccc(C(F)(F)F)cc1)C(=O)Nc1cnc2ccccc2c1. The minimum atomic E-state index is -4.50. The first-order valence-electron chi connectivity index (χ1n) is 14.1. The van der Waals surface area contributed by atoms with Gasteiger partial charge in [0.1, 0.15) is 25.7 Å². The molecule has 0 aliphatic carbocycles. The van der Waals surface area contributed by atoms with Gasteiger partial charge in [-0.15, -0.1) is 0 Å². The zero-order chi connectivity index (χ0) is 31.5. The molecule has 0 saturated carbocycles. The van der Waals surface area contributed by atoms with Gasteiger partial charge in [-0.1, -0.05) is 30.3 Å². The van der Waals surface area contributed by atoms with E-state index >= 15 is 0 Å². The van der Waals surface area contributed by atoms with E-state index in [9.17, 15) is 22.8 Å². The van der Waals surface area contributed by atoms with Gasteiger partial charge < -0.3 is 33.6 Å². The van der Waals surface area contributed by atoms with Crippen LogP contribution in [0.2, 0.25) is 0 Å². The average molecular weight is 605 g/mol. The number of quaternary nitrogens is 1. The Balaban J connectivity index is 1.73. The van der Waals surface area contributed by atoms with Crippen LogP contribution in [0.15, 0.2) is 60.8 Å². The molecule has 2 amide bonds. The fourth-order valence-electron chi connectivity index (χ4n) is 4.82. The van der Waals surface area contributed by atoms with Gasteiger partial charge in [-0.05, 0) is 36.2 Å². The van der Waals surface area contributed by atoms with E-state index in [4.69, 9.17) is 22.9 Å². The minimum absolute atomic E-state index is 0.0643. The Hall–Kier alpha value is -3.66. The van der Waals surface area contributed by atoms with Crippen LogP contribution in [0.3, 0.4) is 0 Å². The zero-order valence-electron chi connectivity index (χ0n) is 23.9. The number of hydrogen-bond donors (Lipinski definition) is 7. The molecule has 0 radical (unpaired) electrons. The Morgan fingerprint density at radius 2 is 1.53 bits per heavy atom. The van der Waals surface area contributed by atoms with Crippen molar-refractivity contribution < 1.29 is 27.4 Å². The predicted octanol–water partition coefficient (Wildman–Crippen LogP) is 0.835. The van der Waals surface area contributed by atoms with Crippen LogP contribution in [0.4, 0.5) is 18.9 Å². The molecule has 0 spiro atoms. The molecule has 1 aromatic heterocycles. The van der Waals surface area contributed by atoms with Crippen molar-refractivity contribution in [1.82, 2.24) is 15.7 Å². The molecular formula is C29H41F3N9O2+. The van der Waals surface area contributed by atoms with Crippen molar-refractivity contribution in [2.75, 3.05) is 51.1 Å². The Bertz CT molecular complexity index is 1320. The Kier molecular flexibility index (Phi) is 12.4. The van der Waals surface area contributed by atoms with Gasteiger partial charge in [0.05, 0.1) is 29.0 Å². The maximum absolute atomic E-state index is 13.4. The van der Waals surface area contributed by atoms with Gasteiger partial charge >= 0.3 is 6.18 Å². The topological polar surface area (TPSA) is 187 Å². The lowest BCUT2D eigenvalue weighted by Gasteiger charge is -2.37. The smallest absolute Gasteiger partial charge is 0.343 e. The number of amides is 2. The van der Waals surface area contributed by atoms with E-state index in [0.717, 1.165) is 23.0 Å². The van der Waals surface area contributed by atoms with E-state index < -0.39 is 35.6 Å². The molecule has 2 atom stereocenters. The molecule has 0 bridgehead atoms. The van der Waals surface area contributed by atoms with Crippen molar-refractivity contribution in [1.29, 1.82) is 0 Å². The number of hydrogen-bond acceptors (Lipinski definition) is 8. The molecule has 0 aliphatic rings. The first-order chi connectivity index (χ1) is 20.5. The largest absolute Gasteiger partial charge is 0.416 e. The summed E-state index contributed by atoms with van der Waals surface area (Å²) in [7, 11) is 0. The number of anilines is 1. The summed E-state index contributed by atoms with van der Waals surface area (Å²) in [4.78, 5) is 30.8. The molecular weight excluding hydrogens is 563 g/mol. The van der Waals surface area contributed by atoms with Crippen LogP contribution in [0.1, 0.15) is 17.5 Å². The second kappa shape index (κ2) is 15.7. The number of aromatic nitrogens is 1. The predicted molar refractivity (Wildman–Crippen MR) is 160 cm³/mol. The Morgan fingerprint density at radius 1 is 0.907 bits per heavy atom. The molecule has 0 saturated heterocycles. The van der Waals surface area contributed by atoms with Crippen molar-refractivity contribution >= 4 is 28.4 Å². The van der Waals surface area contributed by atoms with Gasteiger partial charge in [-0.2, -0.15) is 18.6 Å². The standard InChI is InChI=1S/C29H40F3N9O2/c30-29(31,32)22-7-5-20(6-8-22)17-26(28(43)39-23-18-21-3-1-2-4-25(21)37-19-23)40-27(42)24(36)9-13-38-41(14-10-33,15-11-34)16-12-35/h1-8,18-19,24,26,38H,9-17,33-36H2,(H-,39,40,42,43)/p+1/t24-,26-/m0/s1. The summed E-state index contributed by atoms with van der Waals surface area (Å²) < 4.78 is 39.6. The van der Waals surface area contributed by atoms with E-state index in [1.54, 1.807) is 6.07 Å². The normalized spacial score (nSPS) is 13.5. The molecule has 1 heterocycles. The molecule has 14 heteroatoms. The highest BCUT2D eigenvalue weighted by Gasteiger charge is 2.31. The van der Waals surface area contributed by atoms with Crippen molar-refractivity contribution in [2.45, 2.75) is 31.1 Å². The van der Waals surface area contributed by atoms with Crippen LogP contribution >= 0.6 is 0 Å². The number of carbonyl (C=O) groups excluding carboxylic acids is 2. The molecule has 3 rings (SSSR count). The lowest BCUT2D eigenvalue weighted by molar-refractivity contribution is -0.966. The van der Waals surface area contributed by atoms with Gasteiger partial charge in [-0.3, -0.25) is 14.6 Å². The first-order valence-corrected chi connectivity index (χ1v) is 14.1. The van der Waals surface area contributed by atoms with Gasteiger partial charge in [0.15, 0.2) is 0 Å². The van der Waals surface area contributed by atoms with Crippen LogP contribution in [-0.4, -0.2) is 79.3 Å². The molecule has 234 valence electrons. The Labute approximate surface area is 248 Å². The van der Waals surface area contributed by atoms with Crippen molar-refractivity contribution in [3.05, 3.63) is 71.9 Å². The second-order valence-electron chi connectivity index (χ2n) is 10.4. The van der Waals surface area contributed by atoms with Crippen molar-refractivity contribution in [3.63, 3.8) is 0 Å². The van der Waals surface area contributed by atoms with Crippen LogP contribution in [0, 0.1) is 0 Å². The van der Waals surface area contributed by atoms with E-state index in [0.29, 0.717) is 61.7 Å². The monoisotopic (exact) mass is 604 g/mol. The molecule has 11 nitrogen and oxygen atoms in total. The maximum Gasteiger partial charge on any atom is 0.416 e. The number of nitrogens with two attached hydrogens (primary N) is 4. The minimum Gasteiger partial charge on any atom is -0.343 e. The highest BCUT2D eigenvalue weighted by Crippen LogP contribution is 2.29. The summed E-state index contributed by atoms with van der Waals surface area (Å²) in [6.07, 6.45) is -2.84. The third-order valence-electron chi connectivity index (χ3n) is 7.12. The van der Waals surface area contributed by atoms with Gasteiger partial charge in [-0.25, -0.2) is 4.59 Å². The summed E-state index contributed by atoms with van der Waals surface area (Å²) in [6, 6.07) is 11.4. The number of benzene rings is 2. The average Bonchev–Trinajstić information content (AvgIpc) is 2.97. The molecule has 2 aromatic carbocycles. The molecule has 11 N–H and O–H groups in total. The molecule has 43 heavy (non-hydrogen) atoms. The lowest BCUT2D eigenvalue weighted by atomic mass is 10.0. The summed E-state index contributed by atoms with van der Waals surface area (Å²) >= 11 is 0. The van der Waals surface area contributed by atoms with E-state index in [2.05, 4.69) is 21.0 Å². The molecule has 3 aromatic rings. The number of rotatable bonds is 16. The number of fused-ring (bicyclic) bond motifs is 1. The third kappa shape index (κ3) is 9.95. The number of halogens is 3. The number of alkyl halides is 3. The first kappa shape index (κ1) is 33.8. The number of nitrogens with one attached hydrogen (secondary N) is 3. The van der Waals surface area contributed by atoms with E-state index in [1.165, 1.54) is 18.3 Å². The van der Waals surface area contributed by atoms with E-state index in [-0.39, 0.29) is 12.8 Å². The number of nitrogens with zero attached hydrogens (tertiary/aromatic N) is 2. The molecule has 0 fully saturated rings. The quantitative estimate of drug-likeness (QED) is 0.0925. The zero-order valence-corrected chi connectivity index (χ0v) is 23.9. The summed E-state index contributed by atoms with van der Waals surface area (Å²) in [5, 5.41) is 6.23. The highest BCUT2D eigenvalue weighted by molar-refractivity contribution is 5.99. The van der Waals surface area contributed by atoms with Crippen LogP contribution < -0.4 is 39.0 Å². The third-order valence-corrected chi connectivity index (χ3v) is 7.12.